The third kappa shape index (κ3) is 2.07. The predicted octanol–water partition coefficient (Wildman–Crippen LogP) is 1.86. The molecule has 54 valence electrons. The van der Waals surface area contributed by atoms with Gasteiger partial charge in [-0.2, -0.15) is 0 Å². The molecule has 0 saturated carbocycles. The van der Waals surface area contributed by atoms with Crippen LogP contribution in [-0.4, -0.2) is 10.9 Å². The van der Waals surface area contributed by atoms with Crippen molar-refractivity contribution in [3.8, 4) is 0 Å². The van der Waals surface area contributed by atoms with Crippen molar-refractivity contribution in [2.45, 2.75) is 6.92 Å². The van der Waals surface area contributed by atoms with Crippen molar-refractivity contribution in [2.24, 2.45) is 0 Å². The minimum absolute atomic E-state index is 0.0993. The van der Waals surface area contributed by atoms with E-state index in [4.69, 9.17) is 0 Å². The summed E-state index contributed by atoms with van der Waals surface area (Å²) in [5.74, 6) is 0.502. The van der Waals surface area contributed by atoms with Crippen LogP contribution < -0.4 is 5.32 Å². The largest absolute Gasteiger partial charge is 0.310 e. The molecular weight excluding hydrogens is 216 g/mol. The van der Waals surface area contributed by atoms with Gasteiger partial charge in [0.2, 0.25) is 5.91 Å². The summed E-state index contributed by atoms with van der Waals surface area (Å²) in [6.07, 6.45) is 0. The molecule has 3 nitrogen and oxygen atoms in total. The second kappa shape index (κ2) is 3.12. The normalized spacial score (nSPS) is 9.40. The van der Waals surface area contributed by atoms with Crippen LogP contribution in [0.2, 0.25) is 0 Å². The Morgan fingerprint density at radius 1 is 1.90 bits per heavy atom. The van der Waals surface area contributed by atoms with Gasteiger partial charge in [-0.3, -0.25) is 4.79 Å². The molecule has 0 radical (unpaired) electrons. The number of carbonyl (C=O) groups is 1. The fraction of sp³-hybridized carbons (Fsp3) is 0.200. The van der Waals surface area contributed by atoms with Crippen LogP contribution in [0.3, 0.4) is 0 Å². The first-order chi connectivity index (χ1) is 4.68. The van der Waals surface area contributed by atoms with Crippen LogP contribution in [0.5, 0.6) is 0 Å². The lowest BCUT2D eigenvalue weighted by Crippen LogP contribution is -2.05. The number of thiazole rings is 1. The molecule has 1 N–H and O–H groups in total. The Hall–Kier alpha value is -0.420. The Morgan fingerprint density at radius 3 is 3.00 bits per heavy atom. The van der Waals surface area contributed by atoms with Gasteiger partial charge in [-0.25, -0.2) is 4.98 Å². The number of hydrogen-bond acceptors (Lipinski definition) is 3. The monoisotopic (exact) mass is 220 g/mol. The lowest BCUT2D eigenvalue weighted by atomic mass is 10.6. The molecule has 1 amide bonds. The summed E-state index contributed by atoms with van der Waals surface area (Å²) < 4.78 is 0.774. The molecule has 0 unspecified atom stereocenters. The van der Waals surface area contributed by atoms with E-state index in [-0.39, 0.29) is 5.91 Å². The SMILES string of the molecule is CC(=O)Nc1csc(Br)n1. The zero-order valence-corrected chi connectivity index (χ0v) is 7.62. The Labute approximate surface area is 70.6 Å². The van der Waals surface area contributed by atoms with Gasteiger partial charge in [0.1, 0.15) is 5.82 Å². The maximum absolute atomic E-state index is 10.5. The van der Waals surface area contributed by atoms with Crippen molar-refractivity contribution in [1.29, 1.82) is 0 Å². The fourth-order valence-electron chi connectivity index (χ4n) is 0.490. The van der Waals surface area contributed by atoms with Crippen LogP contribution in [0.25, 0.3) is 0 Å². The fourth-order valence-corrected chi connectivity index (χ4v) is 1.43. The average molecular weight is 221 g/mol. The smallest absolute Gasteiger partial charge is 0.222 e. The molecule has 1 rings (SSSR count). The maximum Gasteiger partial charge on any atom is 0.222 e. The van der Waals surface area contributed by atoms with Gasteiger partial charge in [0.15, 0.2) is 3.92 Å². The van der Waals surface area contributed by atoms with Crippen molar-refractivity contribution in [1.82, 2.24) is 4.98 Å². The van der Waals surface area contributed by atoms with Crippen molar-refractivity contribution in [2.75, 3.05) is 5.32 Å². The molecule has 0 spiro atoms. The van der Waals surface area contributed by atoms with E-state index in [1.54, 1.807) is 5.38 Å². The van der Waals surface area contributed by atoms with E-state index in [1.165, 1.54) is 18.3 Å². The number of rotatable bonds is 1. The van der Waals surface area contributed by atoms with Crippen molar-refractivity contribution in [3.63, 3.8) is 0 Å². The third-order valence-electron chi connectivity index (χ3n) is 0.780. The molecule has 1 heterocycles. The molecule has 0 aliphatic rings. The highest BCUT2D eigenvalue weighted by Gasteiger charge is 1.98. The molecular formula is C5H5BrN2OS. The predicted molar refractivity (Wildman–Crippen MR) is 44.1 cm³/mol. The summed E-state index contributed by atoms with van der Waals surface area (Å²) in [5.41, 5.74) is 0. The topological polar surface area (TPSA) is 42.0 Å². The summed E-state index contributed by atoms with van der Waals surface area (Å²) in [5, 5.41) is 4.33. The van der Waals surface area contributed by atoms with Crippen LogP contribution in [-0.2, 0) is 4.79 Å². The molecule has 0 atom stereocenters. The molecule has 0 bridgehead atoms. The quantitative estimate of drug-likeness (QED) is 0.786. The highest BCUT2D eigenvalue weighted by atomic mass is 79.9. The number of hydrogen-bond donors (Lipinski definition) is 1. The Balaban J connectivity index is 2.67. The lowest BCUT2D eigenvalue weighted by Gasteiger charge is -1.91. The molecule has 0 aromatic carbocycles. The first-order valence-electron chi connectivity index (χ1n) is 2.57. The summed E-state index contributed by atoms with van der Waals surface area (Å²) in [6.45, 7) is 1.45. The van der Waals surface area contributed by atoms with E-state index in [0.717, 1.165) is 3.92 Å². The van der Waals surface area contributed by atoms with Gasteiger partial charge < -0.3 is 5.32 Å². The average Bonchev–Trinajstić information content (AvgIpc) is 2.13. The van der Waals surface area contributed by atoms with Gasteiger partial charge in [0.05, 0.1) is 0 Å². The maximum atomic E-state index is 10.5. The van der Waals surface area contributed by atoms with Crippen LogP contribution >= 0.6 is 27.3 Å². The van der Waals surface area contributed by atoms with Gasteiger partial charge in [-0.05, 0) is 15.9 Å². The second-order valence-electron chi connectivity index (χ2n) is 1.67. The van der Waals surface area contributed by atoms with E-state index in [0.29, 0.717) is 5.82 Å². The van der Waals surface area contributed by atoms with E-state index in [2.05, 4.69) is 26.2 Å². The van der Waals surface area contributed by atoms with E-state index in [9.17, 15) is 4.79 Å². The minimum atomic E-state index is -0.0993. The van der Waals surface area contributed by atoms with E-state index >= 15 is 0 Å². The number of nitrogens with one attached hydrogen (secondary N) is 1. The zero-order valence-electron chi connectivity index (χ0n) is 5.22. The molecule has 10 heavy (non-hydrogen) atoms. The lowest BCUT2D eigenvalue weighted by molar-refractivity contribution is -0.114. The third-order valence-corrected chi connectivity index (χ3v) is 2.15. The van der Waals surface area contributed by atoms with Gasteiger partial charge in [-0.1, -0.05) is 0 Å². The summed E-state index contributed by atoms with van der Waals surface area (Å²) in [7, 11) is 0. The molecule has 1 aromatic rings. The zero-order chi connectivity index (χ0) is 7.56. The number of nitrogens with zero attached hydrogens (tertiary/aromatic N) is 1. The van der Waals surface area contributed by atoms with Crippen LogP contribution in [0.4, 0.5) is 5.82 Å². The van der Waals surface area contributed by atoms with Gasteiger partial charge in [-0.15, -0.1) is 11.3 Å². The van der Waals surface area contributed by atoms with E-state index in [1.807, 2.05) is 0 Å². The molecule has 5 heteroatoms. The summed E-state index contributed by atoms with van der Waals surface area (Å²) >= 11 is 4.62. The highest BCUT2D eigenvalue weighted by Crippen LogP contribution is 2.18. The number of carbonyl (C=O) groups excluding carboxylic acids is 1. The van der Waals surface area contributed by atoms with Crippen LogP contribution in [0.1, 0.15) is 6.92 Å². The van der Waals surface area contributed by atoms with E-state index < -0.39 is 0 Å². The van der Waals surface area contributed by atoms with Crippen molar-refractivity contribution in [3.05, 3.63) is 9.30 Å². The van der Waals surface area contributed by atoms with Gasteiger partial charge in [0, 0.05) is 12.3 Å². The molecule has 0 saturated heterocycles. The van der Waals surface area contributed by atoms with Crippen LogP contribution in [0.15, 0.2) is 9.30 Å². The van der Waals surface area contributed by atoms with Crippen molar-refractivity contribution >= 4 is 39.0 Å². The standard InChI is InChI=1S/C5H5BrN2OS/c1-3(9)7-4-2-10-5(6)8-4/h2H,1H3,(H,7,9). The summed E-state index contributed by atoms with van der Waals surface area (Å²) in [4.78, 5) is 14.4. The molecule has 0 fully saturated rings. The van der Waals surface area contributed by atoms with Crippen LogP contribution in [0, 0.1) is 0 Å². The molecule has 0 aliphatic heterocycles. The molecule has 1 aromatic heterocycles. The number of aromatic nitrogens is 1. The summed E-state index contributed by atoms with van der Waals surface area (Å²) in [6, 6.07) is 0. The second-order valence-corrected chi connectivity index (χ2v) is 3.80. The van der Waals surface area contributed by atoms with Gasteiger partial charge >= 0.3 is 0 Å². The number of amides is 1. The number of anilines is 1. The number of halogens is 1. The minimum Gasteiger partial charge on any atom is -0.310 e. The Morgan fingerprint density at radius 2 is 2.60 bits per heavy atom. The Kier molecular flexibility index (Phi) is 2.39. The molecule has 0 aliphatic carbocycles. The van der Waals surface area contributed by atoms with Gasteiger partial charge in [0.25, 0.3) is 0 Å². The first-order valence-corrected chi connectivity index (χ1v) is 4.24. The highest BCUT2D eigenvalue weighted by molar-refractivity contribution is 9.11. The first kappa shape index (κ1) is 7.68. The van der Waals surface area contributed by atoms with Crippen molar-refractivity contribution < 1.29 is 4.79 Å². The Bertz CT molecular complexity index is 248.